The van der Waals surface area contributed by atoms with Crippen molar-refractivity contribution >= 4 is 17.4 Å². The number of phenolic OH excluding ortho intramolecular Hbond substituents is 1. The van der Waals surface area contributed by atoms with E-state index in [0.29, 0.717) is 17.1 Å². The molecule has 0 spiro atoms. The van der Waals surface area contributed by atoms with Gasteiger partial charge in [0.2, 0.25) is 0 Å². The Labute approximate surface area is 219 Å². The van der Waals surface area contributed by atoms with Gasteiger partial charge < -0.3 is 19.1 Å². The van der Waals surface area contributed by atoms with Gasteiger partial charge in [0, 0.05) is 62.8 Å². The Kier molecular flexibility index (Phi) is 6.37. The molecule has 0 saturated carbocycles. The lowest BCUT2D eigenvalue weighted by atomic mass is 9.99. The van der Waals surface area contributed by atoms with Gasteiger partial charge in [-0.05, 0) is 50.6 Å². The average molecular weight is 526 g/mol. The summed E-state index contributed by atoms with van der Waals surface area (Å²) in [5.41, 5.74) is 1.28. The standard InChI is InChI=1S/C27H29ClFN5O3/c1-27(2,3)33-10-8-32(9-11-33)24-16-23(37-30-24)20-15-18(29)14-19(25(20)35)17-5-6-22(21(28)13-17)34-12-7-31(4)26(34)36/h5-7,12-16,35H,8-11H2,1-4H3. The first-order valence-corrected chi connectivity index (χ1v) is 12.4. The number of benzene rings is 2. The highest BCUT2D eigenvalue weighted by Gasteiger charge is 2.27. The van der Waals surface area contributed by atoms with Crippen LogP contribution in [0.1, 0.15) is 20.8 Å². The molecule has 10 heteroatoms. The van der Waals surface area contributed by atoms with Crippen molar-refractivity contribution in [1.29, 1.82) is 0 Å². The second kappa shape index (κ2) is 9.39. The number of aryl methyl sites for hydroxylation is 1. The van der Waals surface area contributed by atoms with Crippen LogP contribution in [0.3, 0.4) is 0 Å². The largest absolute Gasteiger partial charge is 0.507 e. The number of rotatable bonds is 4. The maximum atomic E-state index is 14.7. The van der Waals surface area contributed by atoms with Crippen LogP contribution in [0.4, 0.5) is 10.2 Å². The summed E-state index contributed by atoms with van der Waals surface area (Å²) in [5, 5.41) is 15.6. The Morgan fingerprint density at radius 2 is 1.73 bits per heavy atom. The van der Waals surface area contributed by atoms with Gasteiger partial charge in [0.25, 0.3) is 0 Å². The zero-order valence-electron chi connectivity index (χ0n) is 21.2. The summed E-state index contributed by atoms with van der Waals surface area (Å²) < 4.78 is 23.1. The third-order valence-corrected chi connectivity index (χ3v) is 7.16. The molecule has 1 saturated heterocycles. The molecule has 194 valence electrons. The Hall–Kier alpha value is -3.56. The molecule has 0 aliphatic carbocycles. The molecule has 1 fully saturated rings. The monoisotopic (exact) mass is 525 g/mol. The summed E-state index contributed by atoms with van der Waals surface area (Å²) in [6.07, 6.45) is 3.25. The molecule has 8 nitrogen and oxygen atoms in total. The second-order valence-corrected chi connectivity index (χ2v) is 10.7. The highest BCUT2D eigenvalue weighted by molar-refractivity contribution is 6.32. The van der Waals surface area contributed by atoms with Crippen molar-refractivity contribution in [3.05, 3.63) is 70.1 Å². The first-order chi connectivity index (χ1) is 17.5. The van der Waals surface area contributed by atoms with Gasteiger partial charge in [-0.15, -0.1) is 0 Å². The normalized spacial score (nSPS) is 14.9. The Balaban J connectivity index is 1.44. The topological polar surface area (TPSA) is 79.7 Å². The lowest BCUT2D eigenvalue weighted by Crippen LogP contribution is -2.53. The molecule has 3 heterocycles. The van der Waals surface area contributed by atoms with E-state index in [2.05, 4.69) is 35.7 Å². The quantitative estimate of drug-likeness (QED) is 0.407. The Bertz CT molecular complexity index is 1510. The lowest BCUT2D eigenvalue weighted by molar-refractivity contribution is 0.128. The summed E-state index contributed by atoms with van der Waals surface area (Å²) >= 11 is 6.49. The molecule has 0 bridgehead atoms. The van der Waals surface area contributed by atoms with E-state index in [1.54, 1.807) is 43.7 Å². The molecule has 0 atom stereocenters. The molecule has 4 aromatic rings. The van der Waals surface area contributed by atoms with E-state index in [9.17, 15) is 14.3 Å². The van der Waals surface area contributed by atoms with Crippen LogP contribution in [-0.4, -0.2) is 56.0 Å². The lowest BCUT2D eigenvalue weighted by Gasteiger charge is -2.42. The molecular formula is C27H29ClFN5O3. The molecule has 5 rings (SSSR count). The number of halogens is 2. The molecule has 0 radical (unpaired) electrons. The third-order valence-electron chi connectivity index (χ3n) is 6.86. The minimum atomic E-state index is -0.543. The molecule has 2 aromatic carbocycles. The number of aromatic hydroxyl groups is 1. The summed E-state index contributed by atoms with van der Waals surface area (Å²) in [6, 6.07) is 9.12. The number of imidazole rings is 1. The number of aromatic nitrogens is 3. The van der Waals surface area contributed by atoms with Crippen molar-refractivity contribution in [3.8, 4) is 33.9 Å². The van der Waals surface area contributed by atoms with Crippen molar-refractivity contribution in [2.45, 2.75) is 26.3 Å². The molecular weight excluding hydrogens is 497 g/mol. The SMILES string of the molecule is Cn1ccn(-c2ccc(-c3cc(F)cc(-c4cc(N5CCN(C(C)(C)C)CC5)no4)c3O)cc2Cl)c1=O. The number of hydrogen-bond acceptors (Lipinski definition) is 6. The van der Waals surface area contributed by atoms with Gasteiger partial charge in [-0.25, -0.2) is 9.18 Å². The molecule has 1 aliphatic rings. The first kappa shape index (κ1) is 25.1. The van der Waals surface area contributed by atoms with Crippen LogP contribution < -0.4 is 10.6 Å². The van der Waals surface area contributed by atoms with Crippen molar-refractivity contribution in [2.75, 3.05) is 31.1 Å². The van der Waals surface area contributed by atoms with Gasteiger partial charge in [-0.3, -0.25) is 9.47 Å². The molecule has 37 heavy (non-hydrogen) atoms. The zero-order chi connectivity index (χ0) is 26.5. The van der Waals surface area contributed by atoms with E-state index in [-0.39, 0.29) is 38.9 Å². The van der Waals surface area contributed by atoms with Crippen molar-refractivity contribution < 1.29 is 14.0 Å². The van der Waals surface area contributed by atoms with Gasteiger partial charge in [-0.1, -0.05) is 22.8 Å². The fourth-order valence-electron chi connectivity index (χ4n) is 4.67. The Morgan fingerprint density at radius 1 is 1.03 bits per heavy atom. The number of anilines is 1. The van der Waals surface area contributed by atoms with Crippen LogP contribution in [0.25, 0.3) is 28.1 Å². The fraction of sp³-hybridized carbons (Fsp3) is 0.333. The van der Waals surface area contributed by atoms with Gasteiger partial charge in [0.05, 0.1) is 16.3 Å². The van der Waals surface area contributed by atoms with E-state index in [1.165, 1.54) is 21.3 Å². The van der Waals surface area contributed by atoms with Gasteiger partial charge in [-0.2, -0.15) is 0 Å². The van der Waals surface area contributed by atoms with Gasteiger partial charge >= 0.3 is 5.69 Å². The summed E-state index contributed by atoms with van der Waals surface area (Å²) in [4.78, 5) is 16.8. The number of piperazine rings is 1. The predicted molar refractivity (Wildman–Crippen MR) is 142 cm³/mol. The predicted octanol–water partition coefficient (Wildman–Crippen LogP) is 4.92. The molecule has 2 aromatic heterocycles. The van der Waals surface area contributed by atoms with Gasteiger partial charge in [0.1, 0.15) is 11.6 Å². The van der Waals surface area contributed by atoms with Crippen LogP contribution in [-0.2, 0) is 7.05 Å². The minimum absolute atomic E-state index is 0.100. The van der Waals surface area contributed by atoms with Crippen LogP contribution in [0.2, 0.25) is 5.02 Å². The summed E-state index contributed by atoms with van der Waals surface area (Å²) in [5.74, 6) is 0.223. The summed E-state index contributed by atoms with van der Waals surface area (Å²) in [6.45, 7) is 9.97. The Morgan fingerprint density at radius 3 is 2.35 bits per heavy atom. The highest BCUT2D eigenvalue weighted by atomic mass is 35.5. The molecule has 0 amide bonds. The zero-order valence-corrected chi connectivity index (χ0v) is 22.0. The average Bonchev–Trinajstić information content (AvgIpc) is 3.47. The van der Waals surface area contributed by atoms with Gasteiger partial charge in [0.15, 0.2) is 11.6 Å². The molecule has 1 aliphatic heterocycles. The summed E-state index contributed by atoms with van der Waals surface area (Å²) in [7, 11) is 1.65. The van der Waals surface area contributed by atoms with E-state index in [0.717, 1.165) is 26.2 Å². The van der Waals surface area contributed by atoms with Crippen molar-refractivity contribution in [2.24, 2.45) is 7.05 Å². The molecule has 1 N–H and O–H groups in total. The van der Waals surface area contributed by atoms with Crippen LogP contribution in [0, 0.1) is 5.82 Å². The number of nitrogens with zero attached hydrogens (tertiary/aromatic N) is 5. The van der Waals surface area contributed by atoms with Crippen LogP contribution in [0.15, 0.2) is 58.1 Å². The fourth-order valence-corrected chi connectivity index (χ4v) is 4.94. The van der Waals surface area contributed by atoms with Crippen LogP contribution in [0.5, 0.6) is 5.75 Å². The van der Waals surface area contributed by atoms with E-state index in [1.807, 2.05) is 0 Å². The maximum Gasteiger partial charge on any atom is 0.332 e. The number of phenols is 1. The van der Waals surface area contributed by atoms with Crippen molar-refractivity contribution in [1.82, 2.24) is 19.2 Å². The molecule has 0 unspecified atom stereocenters. The minimum Gasteiger partial charge on any atom is -0.507 e. The highest BCUT2D eigenvalue weighted by Crippen LogP contribution is 2.41. The van der Waals surface area contributed by atoms with Crippen molar-refractivity contribution in [3.63, 3.8) is 0 Å². The van der Waals surface area contributed by atoms with E-state index >= 15 is 0 Å². The second-order valence-electron chi connectivity index (χ2n) is 10.3. The number of hydrogen-bond donors (Lipinski definition) is 1. The first-order valence-electron chi connectivity index (χ1n) is 12.1. The smallest absolute Gasteiger partial charge is 0.332 e. The van der Waals surface area contributed by atoms with E-state index in [4.69, 9.17) is 16.1 Å². The third kappa shape index (κ3) is 4.76. The van der Waals surface area contributed by atoms with E-state index < -0.39 is 5.82 Å². The maximum absolute atomic E-state index is 14.7. The van der Waals surface area contributed by atoms with Crippen LogP contribution >= 0.6 is 11.6 Å².